The highest BCUT2D eigenvalue weighted by atomic mass is 32.2. The van der Waals surface area contributed by atoms with Gasteiger partial charge >= 0.3 is 0 Å². The highest BCUT2D eigenvalue weighted by Crippen LogP contribution is 2.22. The zero-order chi connectivity index (χ0) is 25.6. The van der Waals surface area contributed by atoms with E-state index in [0.29, 0.717) is 41.4 Å². The number of nitrogens with one attached hydrogen (secondary N) is 1. The maximum Gasteiger partial charge on any atom is 0.263 e. The molecular formula is C25H26N6O4S. The van der Waals surface area contributed by atoms with Gasteiger partial charge in [0.15, 0.2) is 9.84 Å². The number of hydrogen-bond donors (Lipinski definition) is 1. The summed E-state index contributed by atoms with van der Waals surface area (Å²) in [5, 5.41) is 7.38. The Balaban J connectivity index is 1.52. The largest absolute Gasteiger partial charge is 0.353 e. The van der Waals surface area contributed by atoms with Gasteiger partial charge in [0.25, 0.3) is 11.5 Å². The third-order valence-corrected chi connectivity index (χ3v) is 7.24. The number of rotatable bonds is 5. The van der Waals surface area contributed by atoms with Gasteiger partial charge in [0.2, 0.25) is 5.95 Å². The van der Waals surface area contributed by atoms with Crippen molar-refractivity contribution in [1.82, 2.24) is 24.1 Å². The van der Waals surface area contributed by atoms with Crippen molar-refractivity contribution in [2.24, 2.45) is 0 Å². The van der Waals surface area contributed by atoms with E-state index < -0.39 is 9.84 Å². The first-order valence-electron chi connectivity index (χ1n) is 11.6. The normalized spacial score (nSPS) is 13.7. The van der Waals surface area contributed by atoms with Crippen LogP contribution in [0.4, 0.5) is 5.95 Å². The van der Waals surface area contributed by atoms with Crippen LogP contribution in [0.15, 0.2) is 64.5 Å². The number of benzene rings is 1. The zero-order valence-electron chi connectivity index (χ0n) is 20.2. The quantitative estimate of drug-likeness (QED) is 0.441. The molecule has 1 N–H and O–H groups in total. The lowest BCUT2D eigenvalue weighted by atomic mass is 10.0. The van der Waals surface area contributed by atoms with Gasteiger partial charge in [0.05, 0.1) is 28.3 Å². The molecule has 10 nitrogen and oxygen atoms in total. The van der Waals surface area contributed by atoms with Crippen LogP contribution in [0.1, 0.15) is 35.5 Å². The van der Waals surface area contributed by atoms with Gasteiger partial charge in [-0.15, -0.1) is 0 Å². The van der Waals surface area contributed by atoms with E-state index in [4.69, 9.17) is 4.98 Å². The molecule has 0 aliphatic carbocycles. The Kier molecular flexibility index (Phi) is 5.87. The fraction of sp³-hybridized carbons (Fsp3) is 0.280. The van der Waals surface area contributed by atoms with Crippen molar-refractivity contribution < 1.29 is 13.2 Å². The molecule has 0 atom stereocenters. The van der Waals surface area contributed by atoms with Crippen molar-refractivity contribution in [2.75, 3.05) is 18.1 Å². The molecule has 0 radical (unpaired) electrons. The minimum Gasteiger partial charge on any atom is -0.353 e. The zero-order valence-corrected chi connectivity index (χ0v) is 21.0. The second-order valence-electron chi connectivity index (χ2n) is 9.16. The van der Waals surface area contributed by atoms with Gasteiger partial charge in [-0.05, 0) is 62.7 Å². The van der Waals surface area contributed by atoms with Crippen molar-refractivity contribution in [2.45, 2.75) is 37.8 Å². The molecule has 5 rings (SSSR count). The van der Waals surface area contributed by atoms with Crippen molar-refractivity contribution in [3.63, 3.8) is 0 Å². The first-order chi connectivity index (χ1) is 17.1. The fourth-order valence-corrected chi connectivity index (χ4v) is 4.97. The van der Waals surface area contributed by atoms with Crippen LogP contribution in [0.5, 0.6) is 0 Å². The molecule has 4 heterocycles. The summed E-state index contributed by atoms with van der Waals surface area (Å²) in [5.74, 6) is 0.209. The Morgan fingerprint density at radius 2 is 1.86 bits per heavy atom. The first-order valence-corrected chi connectivity index (χ1v) is 13.5. The minimum absolute atomic E-state index is 0.0137. The summed E-state index contributed by atoms with van der Waals surface area (Å²) in [6, 6.07) is 11.5. The molecule has 1 amide bonds. The van der Waals surface area contributed by atoms with Crippen LogP contribution in [0.3, 0.4) is 0 Å². The molecule has 0 fully saturated rings. The molecule has 186 valence electrons. The summed E-state index contributed by atoms with van der Waals surface area (Å²) < 4.78 is 26.9. The predicted molar refractivity (Wildman–Crippen MR) is 135 cm³/mol. The Bertz CT molecular complexity index is 1640. The van der Waals surface area contributed by atoms with Gasteiger partial charge in [0.1, 0.15) is 0 Å². The lowest BCUT2D eigenvalue weighted by Gasteiger charge is -2.29. The van der Waals surface area contributed by atoms with E-state index in [1.807, 2.05) is 19.9 Å². The molecule has 1 aliphatic rings. The van der Waals surface area contributed by atoms with Gasteiger partial charge in [-0.25, -0.2) is 22.5 Å². The summed E-state index contributed by atoms with van der Waals surface area (Å²) >= 11 is 0. The number of aromatic nitrogens is 4. The fourth-order valence-electron chi connectivity index (χ4n) is 4.34. The molecule has 0 saturated carbocycles. The number of amides is 1. The van der Waals surface area contributed by atoms with Crippen LogP contribution < -0.4 is 10.9 Å². The van der Waals surface area contributed by atoms with Crippen molar-refractivity contribution >= 4 is 27.2 Å². The molecule has 0 bridgehead atoms. The number of anilines is 1. The Morgan fingerprint density at radius 1 is 1.11 bits per heavy atom. The molecule has 1 aromatic carbocycles. The number of hydrogen-bond acceptors (Lipinski definition) is 7. The number of pyridine rings is 1. The van der Waals surface area contributed by atoms with E-state index in [0.717, 1.165) is 11.8 Å². The molecule has 0 saturated heterocycles. The Labute approximate surface area is 208 Å². The summed E-state index contributed by atoms with van der Waals surface area (Å²) in [7, 11) is -3.36. The predicted octanol–water partition coefficient (Wildman–Crippen LogP) is 2.30. The smallest absolute Gasteiger partial charge is 0.263 e. The van der Waals surface area contributed by atoms with Gasteiger partial charge in [-0.3, -0.25) is 9.59 Å². The topological polar surface area (TPSA) is 119 Å². The molecular weight excluding hydrogens is 480 g/mol. The van der Waals surface area contributed by atoms with Crippen LogP contribution in [0, 0.1) is 0 Å². The summed E-state index contributed by atoms with van der Waals surface area (Å²) in [4.78, 5) is 33.5. The molecule has 1 aliphatic heterocycles. The van der Waals surface area contributed by atoms with Crippen LogP contribution >= 0.6 is 0 Å². The van der Waals surface area contributed by atoms with Crippen LogP contribution in [-0.4, -0.2) is 57.2 Å². The van der Waals surface area contributed by atoms with Crippen molar-refractivity contribution in [3.05, 3.63) is 82.0 Å². The molecule has 0 spiro atoms. The van der Waals surface area contributed by atoms with E-state index in [2.05, 4.69) is 10.4 Å². The lowest BCUT2D eigenvalue weighted by Crippen LogP contribution is -2.41. The first kappa shape index (κ1) is 23.7. The third-order valence-electron chi connectivity index (χ3n) is 6.11. The average Bonchev–Trinajstić information content (AvgIpc) is 3.30. The number of carbonyl (C=O) groups excluding carboxylic acids is 1. The van der Waals surface area contributed by atoms with E-state index >= 15 is 0 Å². The summed E-state index contributed by atoms with van der Waals surface area (Å²) in [6.45, 7) is 4.47. The van der Waals surface area contributed by atoms with Gasteiger partial charge in [-0.1, -0.05) is 0 Å². The standard InChI is InChI=1S/C25H26N6O4S/c1-16(2)27-25-28-22-15-29(23(32)17-9-13-30-19(14-17)8-11-26-30)12-10-21(22)24(33)31(25)18-4-6-20(7-5-18)36(3,34)35/h4-9,11,13-14,16H,10,12,15H2,1-3H3,(H,27,28). The SMILES string of the molecule is CC(C)Nc1nc2c(c(=O)n1-c1ccc(S(C)(=O)=O)cc1)CCN(C(=O)c1ccn3nccc3c1)C2. The highest BCUT2D eigenvalue weighted by Gasteiger charge is 2.27. The molecule has 4 aromatic rings. The minimum atomic E-state index is -3.36. The number of nitrogens with zero attached hydrogens (tertiary/aromatic N) is 5. The summed E-state index contributed by atoms with van der Waals surface area (Å²) in [5.41, 5.74) is 2.75. The van der Waals surface area contributed by atoms with Gasteiger partial charge in [0, 0.05) is 42.4 Å². The third kappa shape index (κ3) is 4.37. The highest BCUT2D eigenvalue weighted by molar-refractivity contribution is 7.90. The Hall–Kier alpha value is -3.99. The van der Waals surface area contributed by atoms with Crippen molar-refractivity contribution in [1.29, 1.82) is 0 Å². The molecule has 36 heavy (non-hydrogen) atoms. The average molecular weight is 507 g/mol. The van der Waals surface area contributed by atoms with Gasteiger partial charge in [-0.2, -0.15) is 5.10 Å². The Morgan fingerprint density at radius 3 is 2.56 bits per heavy atom. The van der Waals surface area contributed by atoms with Crippen LogP contribution in [-0.2, 0) is 22.8 Å². The van der Waals surface area contributed by atoms with E-state index in [-0.39, 0.29) is 28.9 Å². The lowest BCUT2D eigenvalue weighted by molar-refractivity contribution is 0.0731. The number of sulfone groups is 1. The van der Waals surface area contributed by atoms with E-state index in [1.165, 1.54) is 16.7 Å². The molecule has 11 heteroatoms. The second kappa shape index (κ2) is 8.90. The molecule has 3 aromatic heterocycles. The van der Waals surface area contributed by atoms with Crippen molar-refractivity contribution in [3.8, 4) is 5.69 Å². The van der Waals surface area contributed by atoms with E-state index in [9.17, 15) is 18.0 Å². The molecule has 0 unspecified atom stereocenters. The monoisotopic (exact) mass is 506 g/mol. The maximum atomic E-state index is 13.6. The maximum absolute atomic E-state index is 13.6. The number of carbonyl (C=O) groups is 1. The van der Waals surface area contributed by atoms with Crippen LogP contribution in [0.25, 0.3) is 11.2 Å². The van der Waals surface area contributed by atoms with Crippen LogP contribution in [0.2, 0.25) is 0 Å². The summed E-state index contributed by atoms with van der Waals surface area (Å²) in [6.07, 6.45) is 4.93. The number of fused-ring (bicyclic) bond motifs is 2. The second-order valence-corrected chi connectivity index (χ2v) is 11.2. The van der Waals surface area contributed by atoms with E-state index in [1.54, 1.807) is 46.1 Å². The van der Waals surface area contributed by atoms with Gasteiger partial charge < -0.3 is 10.2 Å².